The summed E-state index contributed by atoms with van der Waals surface area (Å²) in [4.78, 5) is 16.8. The number of nitrogens with one attached hydrogen (secondary N) is 1. The van der Waals surface area contributed by atoms with Gasteiger partial charge in [-0.3, -0.25) is 4.98 Å². The third-order valence-corrected chi connectivity index (χ3v) is 5.78. The van der Waals surface area contributed by atoms with Crippen LogP contribution in [-0.4, -0.2) is 35.9 Å². The number of alkyl carbamates (subject to hydrolysis) is 1. The van der Waals surface area contributed by atoms with Crippen LogP contribution in [0.5, 0.6) is 0 Å². The van der Waals surface area contributed by atoms with Crippen LogP contribution >= 0.6 is 0 Å². The van der Waals surface area contributed by atoms with Crippen LogP contribution < -0.4 is 5.32 Å². The molecular formula is C24H31BN2O4. The normalized spacial score (nSPS) is 17.5. The zero-order valence-corrected chi connectivity index (χ0v) is 19.2. The van der Waals surface area contributed by atoms with E-state index < -0.39 is 24.4 Å². The molecule has 2 aromatic rings. The summed E-state index contributed by atoms with van der Waals surface area (Å²) < 4.78 is 17.8. The fourth-order valence-corrected chi connectivity index (χ4v) is 3.20. The van der Waals surface area contributed by atoms with Gasteiger partial charge in [0.2, 0.25) is 0 Å². The first-order valence-corrected chi connectivity index (χ1v) is 10.5. The molecule has 0 aliphatic carbocycles. The second kappa shape index (κ2) is 9.24. The molecule has 3 rings (SSSR count). The minimum absolute atomic E-state index is 0.209. The van der Waals surface area contributed by atoms with Crippen molar-refractivity contribution in [1.29, 1.82) is 0 Å². The second-order valence-corrected chi connectivity index (χ2v) is 8.94. The lowest BCUT2D eigenvalue weighted by Crippen LogP contribution is -2.41. The molecule has 1 amide bonds. The second-order valence-electron chi connectivity index (χ2n) is 8.94. The Morgan fingerprint density at radius 1 is 1.13 bits per heavy atom. The maximum Gasteiger partial charge on any atom is 0.492 e. The first-order chi connectivity index (χ1) is 14.6. The number of hydrogen-bond donors (Lipinski definition) is 1. The molecule has 1 aromatic carbocycles. The van der Waals surface area contributed by atoms with Crippen LogP contribution in [0, 0.1) is 13.8 Å². The molecule has 6 nitrogen and oxygen atoms in total. The molecule has 164 valence electrons. The number of rotatable bonds is 6. The lowest BCUT2D eigenvalue weighted by atomic mass is 9.77. The van der Waals surface area contributed by atoms with Gasteiger partial charge in [-0.15, -0.1) is 0 Å². The number of nitrogens with zero attached hydrogens (tertiary/aromatic N) is 1. The van der Waals surface area contributed by atoms with Crippen molar-refractivity contribution in [3.63, 3.8) is 0 Å². The zero-order valence-electron chi connectivity index (χ0n) is 19.2. The Balaban J connectivity index is 1.74. The number of carbonyl (C=O) groups is 1. The maximum atomic E-state index is 12.3. The molecule has 0 radical (unpaired) electrons. The third-order valence-electron chi connectivity index (χ3n) is 5.78. The summed E-state index contributed by atoms with van der Waals surface area (Å²) in [6.07, 6.45) is 3.25. The van der Waals surface area contributed by atoms with Crippen LogP contribution in [0.3, 0.4) is 0 Å². The number of carbonyl (C=O) groups excluding carboxylic acids is 1. The molecule has 0 bridgehead atoms. The monoisotopic (exact) mass is 422 g/mol. The van der Waals surface area contributed by atoms with Crippen molar-refractivity contribution in [2.75, 3.05) is 6.54 Å². The predicted octanol–water partition coefficient (Wildman–Crippen LogP) is 4.64. The molecule has 7 heteroatoms. The highest BCUT2D eigenvalue weighted by molar-refractivity contribution is 6.56. The quantitative estimate of drug-likeness (QED) is 0.687. The van der Waals surface area contributed by atoms with E-state index in [0.717, 1.165) is 27.9 Å². The molecule has 0 saturated carbocycles. The molecule has 1 aliphatic heterocycles. The molecule has 0 atom stereocenters. The number of benzene rings is 1. The number of aromatic nitrogens is 1. The van der Waals surface area contributed by atoms with E-state index in [4.69, 9.17) is 14.0 Å². The molecule has 0 unspecified atom stereocenters. The van der Waals surface area contributed by atoms with E-state index in [1.54, 1.807) is 0 Å². The molecule has 1 saturated heterocycles. The van der Waals surface area contributed by atoms with Crippen molar-refractivity contribution < 1.29 is 18.8 Å². The Morgan fingerprint density at radius 2 is 1.77 bits per heavy atom. The standard InChI is InChI=1S/C24H31BN2O4/c1-17-12-18(2)21(26-14-17)13-20(25-30-23(3,4)24(5,6)31-25)15-27-22(28)29-16-19-10-8-7-9-11-19/h7-14H,15-16H2,1-6H3,(H,27,28). The number of hydrogen-bond acceptors (Lipinski definition) is 5. The molecule has 0 spiro atoms. The maximum absolute atomic E-state index is 12.3. The fourth-order valence-electron chi connectivity index (χ4n) is 3.20. The largest absolute Gasteiger partial charge is 0.492 e. The predicted molar refractivity (Wildman–Crippen MR) is 122 cm³/mol. The van der Waals surface area contributed by atoms with Crippen LogP contribution in [0.15, 0.2) is 48.1 Å². The third kappa shape index (κ3) is 5.74. The number of aryl methyl sites for hydroxylation is 2. The summed E-state index contributed by atoms with van der Waals surface area (Å²) in [5.41, 5.74) is 3.68. The van der Waals surface area contributed by atoms with Crippen LogP contribution in [-0.2, 0) is 20.7 Å². The fraction of sp³-hybridized carbons (Fsp3) is 0.417. The highest BCUT2D eigenvalue weighted by Crippen LogP contribution is 2.38. The average Bonchev–Trinajstić information content (AvgIpc) is 2.93. The molecule has 31 heavy (non-hydrogen) atoms. The van der Waals surface area contributed by atoms with Gasteiger partial charge in [-0.1, -0.05) is 36.4 Å². The van der Waals surface area contributed by atoms with Crippen LogP contribution in [0.1, 0.15) is 50.1 Å². The van der Waals surface area contributed by atoms with Gasteiger partial charge in [0.1, 0.15) is 6.61 Å². The van der Waals surface area contributed by atoms with E-state index in [9.17, 15) is 4.79 Å². The SMILES string of the molecule is Cc1cnc(C=C(CNC(=O)OCc2ccccc2)B2OC(C)(C)C(C)(C)O2)c(C)c1. The summed E-state index contributed by atoms with van der Waals surface area (Å²) in [6, 6.07) is 11.6. The molecule has 1 aromatic heterocycles. The van der Waals surface area contributed by atoms with Gasteiger partial charge >= 0.3 is 13.2 Å². The minimum Gasteiger partial charge on any atom is -0.445 e. The first-order valence-electron chi connectivity index (χ1n) is 10.5. The average molecular weight is 422 g/mol. The van der Waals surface area contributed by atoms with Crippen molar-refractivity contribution >= 4 is 19.3 Å². The van der Waals surface area contributed by atoms with Crippen molar-refractivity contribution in [3.05, 3.63) is 70.5 Å². The Morgan fingerprint density at radius 3 is 2.39 bits per heavy atom. The van der Waals surface area contributed by atoms with Gasteiger partial charge in [0.15, 0.2) is 0 Å². The van der Waals surface area contributed by atoms with Crippen molar-refractivity contribution in [2.45, 2.75) is 59.4 Å². The molecule has 1 aliphatic rings. The Labute approximate surface area is 185 Å². The zero-order chi connectivity index (χ0) is 22.6. The Kier molecular flexibility index (Phi) is 6.87. The van der Waals surface area contributed by atoms with Gasteiger partial charge in [-0.2, -0.15) is 0 Å². The number of pyridine rings is 1. The van der Waals surface area contributed by atoms with E-state index in [2.05, 4.69) is 16.4 Å². The number of amides is 1. The van der Waals surface area contributed by atoms with Crippen LogP contribution in [0.4, 0.5) is 4.79 Å². The van der Waals surface area contributed by atoms with Gasteiger partial charge in [0.05, 0.1) is 16.9 Å². The Hall–Kier alpha value is -2.64. The van der Waals surface area contributed by atoms with Crippen LogP contribution in [0.2, 0.25) is 0 Å². The summed E-state index contributed by atoms with van der Waals surface area (Å²) in [5, 5.41) is 2.82. The smallest absolute Gasteiger partial charge is 0.445 e. The van der Waals surface area contributed by atoms with E-state index in [1.807, 2.05) is 84.1 Å². The summed E-state index contributed by atoms with van der Waals surface area (Å²) in [5.74, 6) is 0. The van der Waals surface area contributed by atoms with Crippen molar-refractivity contribution in [1.82, 2.24) is 10.3 Å². The van der Waals surface area contributed by atoms with Gasteiger partial charge in [0.25, 0.3) is 0 Å². The highest BCUT2D eigenvalue weighted by atomic mass is 16.7. The topological polar surface area (TPSA) is 69.7 Å². The summed E-state index contributed by atoms with van der Waals surface area (Å²) >= 11 is 0. The van der Waals surface area contributed by atoms with E-state index >= 15 is 0 Å². The van der Waals surface area contributed by atoms with E-state index in [-0.39, 0.29) is 13.2 Å². The van der Waals surface area contributed by atoms with Gasteiger partial charge in [0, 0.05) is 12.7 Å². The first kappa shape index (κ1) is 23.0. The van der Waals surface area contributed by atoms with Crippen molar-refractivity contribution in [3.8, 4) is 0 Å². The van der Waals surface area contributed by atoms with Gasteiger partial charge < -0.3 is 19.4 Å². The Bertz CT molecular complexity index is 941. The molecule has 1 N–H and O–H groups in total. The van der Waals surface area contributed by atoms with Gasteiger partial charge in [-0.25, -0.2) is 4.79 Å². The summed E-state index contributed by atoms with van der Waals surface area (Å²) in [7, 11) is -0.595. The lowest BCUT2D eigenvalue weighted by Gasteiger charge is -2.32. The molecule has 1 fully saturated rings. The lowest BCUT2D eigenvalue weighted by molar-refractivity contribution is 0.00578. The van der Waals surface area contributed by atoms with E-state index in [1.165, 1.54) is 0 Å². The van der Waals surface area contributed by atoms with Gasteiger partial charge in [-0.05, 0) is 69.8 Å². The van der Waals surface area contributed by atoms with E-state index in [0.29, 0.717) is 0 Å². The number of ether oxygens (including phenoxy) is 1. The minimum atomic E-state index is -0.595. The van der Waals surface area contributed by atoms with Crippen molar-refractivity contribution in [2.24, 2.45) is 0 Å². The summed E-state index contributed by atoms with van der Waals surface area (Å²) in [6.45, 7) is 12.5. The molecule has 2 heterocycles. The molecular weight excluding hydrogens is 391 g/mol. The van der Waals surface area contributed by atoms with Crippen LogP contribution in [0.25, 0.3) is 6.08 Å². The highest BCUT2D eigenvalue weighted by Gasteiger charge is 2.52.